The van der Waals surface area contributed by atoms with Gasteiger partial charge < -0.3 is 0 Å². The average molecular weight is 1140 g/mol. The van der Waals surface area contributed by atoms with Crippen LogP contribution in [0.1, 0.15) is 347 Å². The van der Waals surface area contributed by atoms with Crippen LogP contribution in [0.25, 0.3) is 41.3 Å². The zero-order valence-corrected chi connectivity index (χ0v) is 54.5. The Balaban J connectivity index is 1.19. The molecule has 0 saturated carbocycles. The van der Waals surface area contributed by atoms with Crippen molar-refractivity contribution in [3.8, 4) is 20.9 Å². The van der Waals surface area contributed by atoms with Crippen LogP contribution in [0.2, 0.25) is 0 Å². The SMILES string of the molecule is CCCCCCCCCCCCCCC(CCCCCCCCCCCC)Cc1csc(-c2c3nnsc3c(-c3cc(CC(CCCCCCCCCCCC)CCCCCCCCCCCCCC)cs3)c3nnsc23)c1. The summed E-state index contributed by atoms with van der Waals surface area (Å²) in [6.45, 7) is 9.28. The Labute approximate surface area is 497 Å². The first-order valence-electron chi connectivity index (χ1n) is 34.2. The number of hydrogen-bond acceptors (Lipinski definition) is 8. The molecule has 0 aliphatic rings. The molecule has 2 unspecified atom stereocenters. The Morgan fingerprint density at radius 1 is 0.308 bits per heavy atom. The molecule has 5 rings (SSSR count). The van der Waals surface area contributed by atoms with E-state index in [1.54, 1.807) is 23.1 Å². The van der Waals surface area contributed by atoms with Gasteiger partial charge in [0.2, 0.25) is 0 Å². The van der Waals surface area contributed by atoms with Crippen LogP contribution in [0, 0.1) is 11.8 Å². The maximum Gasteiger partial charge on any atom is 0.116 e. The third-order valence-corrected chi connectivity index (χ3v) is 21.1. The van der Waals surface area contributed by atoms with Crippen molar-refractivity contribution in [3.63, 3.8) is 0 Å². The maximum absolute atomic E-state index is 4.91. The quantitative estimate of drug-likeness (QED) is 0.0364. The molecule has 0 amide bonds. The van der Waals surface area contributed by atoms with Crippen LogP contribution in [0.5, 0.6) is 0 Å². The van der Waals surface area contributed by atoms with Gasteiger partial charge in [-0.2, -0.15) is 0 Å². The zero-order chi connectivity index (χ0) is 54.8. The summed E-state index contributed by atoms with van der Waals surface area (Å²) >= 11 is 6.92. The summed E-state index contributed by atoms with van der Waals surface area (Å²) < 4.78 is 11.7. The monoisotopic (exact) mass is 1140 g/mol. The largest absolute Gasteiger partial charge is 0.143 e. The Bertz CT molecular complexity index is 1950. The Kier molecular flexibility index (Phi) is 38.5. The van der Waals surface area contributed by atoms with Crippen molar-refractivity contribution in [3.05, 3.63) is 34.0 Å². The van der Waals surface area contributed by atoms with Crippen LogP contribution in [0.4, 0.5) is 0 Å². The molecule has 0 fully saturated rings. The molecular weight excluding hydrogens is 1030 g/mol. The minimum atomic E-state index is 0.769. The van der Waals surface area contributed by atoms with Gasteiger partial charge in [-0.15, -0.1) is 32.9 Å². The van der Waals surface area contributed by atoms with E-state index in [-0.39, 0.29) is 0 Å². The van der Waals surface area contributed by atoms with Gasteiger partial charge in [0, 0.05) is 20.9 Å². The van der Waals surface area contributed by atoms with Crippen LogP contribution in [-0.4, -0.2) is 19.2 Å². The molecule has 0 aliphatic heterocycles. The standard InChI is InChI=1S/C70H118N4S4/c1-5-9-13-17-21-25-29-31-35-39-43-47-51-59(49-45-41-37-33-27-23-19-15-11-7-3)53-61-55-63(75-57-61)65-67-70(78-73-71-67)66(68-69(65)77-74-72-68)64-56-62(58-76-64)54-60(50-46-42-38-34-28-24-20-16-12-8-4)52-48-44-40-36-32-30-26-22-18-14-10-6-2/h55-60H,5-54H2,1-4H3. The van der Waals surface area contributed by atoms with Crippen LogP contribution >= 0.6 is 45.7 Å². The highest BCUT2D eigenvalue weighted by Gasteiger charge is 2.25. The predicted octanol–water partition coefficient (Wildman–Crippen LogP) is 26.3. The molecule has 0 saturated heterocycles. The van der Waals surface area contributed by atoms with E-state index < -0.39 is 0 Å². The number of rotatable bonds is 54. The van der Waals surface area contributed by atoms with Crippen molar-refractivity contribution in [2.45, 2.75) is 349 Å². The van der Waals surface area contributed by atoms with E-state index in [1.165, 1.54) is 362 Å². The van der Waals surface area contributed by atoms with E-state index in [0.717, 1.165) is 22.9 Å². The molecule has 2 atom stereocenters. The van der Waals surface area contributed by atoms with Crippen molar-refractivity contribution in [1.82, 2.24) is 19.2 Å². The van der Waals surface area contributed by atoms with Crippen LogP contribution in [0.3, 0.4) is 0 Å². The first-order chi connectivity index (χ1) is 38.7. The number of fused-ring (bicyclic) bond motifs is 2. The molecule has 4 nitrogen and oxygen atoms in total. The van der Waals surface area contributed by atoms with Gasteiger partial charge in [-0.05, 0) is 81.8 Å². The summed E-state index contributed by atoms with van der Waals surface area (Å²) in [5.41, 5.74) is 7.53. The van der Waals surface area contributed by atoms with Crippen LogP contribution in [0.15, 0.2) is 22.9 Å². The Morgan fingerprint density at radius 2 is 0.538 bits per heavy atom. The van der Waals surface area contributed by atoms with Gasteiger partial charge in [-0.3, -0.25) is 0 Å². The number of nitrogens with zero attached hydrogens (tertiary/aromatic N) is 4. The smallest absolute Gasteiger partial charge is 0.116 e. The highest BCUT2D eigenvalue weighted by Crippen LogP contribution is 2.48. The fraction of sp³-hybridized carbons (Fsp3) is 0.800. The second kappa shape index (κ2) is 44.8. The highest BCUT2D eigenvalue weighted by molar-refractivity contribution is 7.19. The second-order valence-corrected chi connectivity index (χ2v) is 28.1. The molecule has 4 heterocycles. The van der Waals surface area contributed by atoms with Crippen LogP contribution in [-0.2, 0) is 12.8 Å². The molecule has 0 aliphatic carbocycles. The third-order valence-electron chi connectivity index (χ3n) is 17.6. The summed E-state index contributed by atoms with van der Waals surface area (Å²) in [6.07, 6.45) is 70.3. The first-order valence-corrected chi connectivity index (χ1v) is 37.5. The van der Waals surface area contributed by atoms with E-state index >= 15 is 0 Å². The molecular formula is C70H118N4S4. The van der Waals surface area contributed by atoms with E-state index in [9.17, 15) is 0 Å². The fourth-order valence-corrected chi connectivity index (χ4v) is 16.2. The normalized spacial score (nSPS) is 12.8. The minimum absolute atomic E-state index is 0.769. The highest BCUT2D eigenvalue weighted by atomic mass is 32.1. The Hall–Kier alpha value is -1.74. The summed E-state index contributed by atoms with van der Waals surface area (Å²) in [6, 6.07) is 5.03. The number of aromatic nitrogens is 4. The van der Waals surface area contributed by atoms with Crippen molar-refractivity contribution in [2.75, 3.05) is 0 Å². The lowest BCUT2D eigenvalue weighted by molar-refractivity contribution is 0.400. The molecule has 4 aromatic heterocycles. The molecule has 0 N–H and O–H groups in total. The molecule has 5 aromatic rings. The lowest BCUT2D eigenvalue weighted by Gasteiger charge is -2.16. The first kappa shape index (κ1) is 67.1. The number of unbranched alkanes of at least 4 members (excludes halogenated alkanes) is 40. The van der Waals surface area contributed by atoms with E-state index in [2.05, 4.69) is 59.6 Å². The molecule has 0 radical (unpaired) electrons. The second-order valence-electron chi connectivity index (χ2n) is 24.7. The zero-order valence-electron chi connectivity index (χ0n) is 51.2. The summed E-state index contributed by atoms with van der Waals surface area (Å²) in [4.78, 5) is 2.63. The number of hydrogen-bond donors (Lipinski definition) is 0. The lowest BCUT2D eigenvalue weighted by atomic mass is 9.89. The van der Waals surface area contributed by atoms with Gasteiger partial charge in [0.25, 0.3) is 0 Å². The van der Waals surface area contributed by atoms with Crippen LogP contribution < -0.4 is 0 Å². The molecule has 8 heteroatoms. The van der Waals surface area contributed by atoms with Gasteiger partial charge in [-0.25, -0.2) is 0 Å². The molecule has 442 valence electrons. The van der Waals surface area contributed by atoms with Crippen molar-refractivity contribution < 1.29 is 0 Å². The molecule has 0 spiro atoms. The maximum atomic E-state index is 4.91. The van der Waals surface area contributed by atoms with Gasteiger partial charge in [0.15, 0.2) is 0 Å². The molecule has 78 heavy (non-hydrogen) atoms. The Morgan fingerprint density at radius 3 is 0.782 bits per heavy atom. The van der Waals surface area contributed by atoms with Crippen molar-refractivity contribution in [2.24, 2.45) is 11.8 Å². The number of benzene rings is 1. The number of thiophene rings is 2. The molecule has 1 aromatic carbocycles. The lowest BCUT2D eigenvalue weighted by Crippen LogP contribution is -2.05. The van der Waals surface area contributed by atoms with E-state index in [1.807, 2.05) is 22.7 Å². The summed E-state index contributed by atoms with van der Waals surface area (Å²) in [5.74, 6) is 1.54. The predicted molar refractivity (Wildman–Crippen MR) is 354 cm³/mol. The van der Waals surface area contributed by atoms with Gasteiger partial charge in [0.05, 0.1) is 9.40 Å². The van der Waals surface area contributed by atoms with Crippen molar-refractivity contribution >= 4 is 66.2 Å². The summed E-state index contributed by atoms with van der Waals surface area (Å²) in [7, 11) is 0. The third kappa shape index (κ3) is 27.6. The topological polar surface area (TPSA) is 51.6 Å². The average Bonchev–Trinajstić information content (AvgIpc) is 4.50. The van der Waals surface area contributed by atoms with Crippen molar-refractivity contribution in [1.29, 1.82) is 0 Å². The van der Waals surface area contributed by atoms with E-state index in [0.29, 0.717) is 0 Å². The minimum Gasteiger partial charge on any atom is -0.143 e. The van der Waals surface area contributed by atoms with E-state index in [4.69, 9.17) is 10.2 Å². The van der Waals surface area contributed by atoms with Gasteiger partial charge in [0.1, 0.15) is 11.0 Å². The van der Waals surface area contributed by atoms with Gasteiger partial charge in [-0.1, -0.05) is 345 Å². The summed E-state index contributed by atoms with van der Waals surface area (Å²) in [5, 5.41) is 14.8. The van der Waals surface area contributed by atoms with Gasteiger partial charge >= 0.3 is 0 Å². The fourth-order valence-electron chi connectivity index (χ4n) is 12.7. The molecule has 0 bridgehead atoms.